The summed E-state index contributed by atoms with van der Waals surface area (Å²) in [7, 11) is 0. The smallest absolute Gasteiger partial charge is 0.272 e. The van der Waals surface area contributed by atoms with Gasteiger partial charge >= 0.3 is 0 Å². The van der Waals surface area contributed by atoms with Crippen molar-refractivity contribution in [3.05, 3.63) is 62.7 Å². The van der Waals surface area contributed by atoms with Crippen LogP contribution in [0.1, 0.15) is 24.1 Å². The van der Waals surface area contributed by atoms with Gasteiger partial charge in [-0.25, -0.2) is 0 Å². The molecule has 2 aromatic carbocycles. The Morgan fingerprint density at radius 2 is 2.00 bits per heavy atom. The van der Waals surface area contributed by atoms with Gasteiger partial charge in [-0.05, 0) is 43.7 Å². The number of ether oxygens (including phenoxy) is 1. The van der Waals surface area contributed by atoms with Gasteiger partial charge in [-0.15, -0.1) is 0 Å². The normalized spacial score (nSPS) is 12.0. The van der Waals surface area contributed by atoms with Gasteiger partial charge in [-0.2, -0.15) is 0 Å². The Labute approximate surface area is 127 Å². The Balaban J connectivity index is 2.26. The molecule has 0 saturated carbocycles. The molecule has 0 unspecified atom stereocenters. The lowest BCUT2D eigenvalue weighted by molar-refractivity contribution is -0.385. The third kappa shape index (κ3) is 3.51. The quantitative estimate of drug-likeness (QED) is 0.672. The van der Waals surface area contributed by atoms with Crippen molar-refractivity contribution in [1.82, 2.24) is 0 Å². The summed E-state index contributed by atoms with van der Waals surface area (Å²) in [5, 5.41) is 11.2. The predicted octanol–water partition coefficient (Wildman–Crippen LogP) is 4.37. The first kappa shape index (κ1) is 15.3. The molecule has 1 atom stereocenters. The number of nitro groups is 1. The number of rotatable bonds is 4. The Hall–Kier alpha value is -2.11. The van der Waals surface area contributed by atoms with Gasteiger partial charge in [-0.3, -0.25) is 10.1 Å². The van der Waals surface area contributed by atoms with E-state index in [4.69, 9.17) is 22.1 Å². The van der Waals surface area contributed by atoms with Crippen molar-refractivity contribution in [3.8, 4) is 11.5 Å². The van der Waals surface area contributed by atoms with Crippen LogP contribution >= 0.6 is 11.6 Å². The van der Waals surface area contributed by atoms with Crippen LogP contribution in [0.4, 0.5) is 5.69 Å². The molecule has 110 valence electrons. The third-order valence-electron chi connectivity index (χ3n) is 3.07. The second-order valence-electron chi connectivity index (χ2n) is 4.79. The zero-order valence-electron chi connectivity index (χ0n) is 11.7. The average Bonchev–Trinajstić information content (AvgIpc) is 2.40. The Morgan fingerprint density at radius 3 is 2.52 bits per heavy atom. The first-order valence-electron chi connectivity index (χ1n) is 6.36. The third-order valence-corrected chi connectivity index (χ3v) is 3.37. The maximum absolute atomic E-state index is 10.8. The molecule has 0 saturated heterocycles. The number of nitro benzene ring substituents is 1. The van der Waals surface area contributed by atoms with Crippen molar-refractivity contribution in [3.63, 3.8) is 0 Å². The molecule has 0 radical (unpaired) electrons. The summed E-state index contributed by atoms with van der Waals surface area (Å²) >= 11 is 6.16. The first-order valence-corrected chi connectivity index (χ1v) is 6.74. The van der Waals surface area contributed by atoms with Gasteiger partial charge in [0.05, 0.1) is 9.95 Å². The zero-order valence-corrected chi connectivity index (χ0v) is 12.4. The fourth-order valence-corrected chi connectivity index (χ4v) is 2.13. The molecule has 0 bridgehead atoms. The number of halogens is 1. The van der Waals surface area contributed by atoms with Gasteiger partial charge in [0.1, 0.15) is 11.5 Å². The van der Waals surface area contributed by atoms with Crippen molar-refractivity contribution in [1.29, 1.82) is 0 Å². The lowest BCUT2D eigenvalue weighted by Gasteiger charge is -2.11. The summed E-state index contributed by atoms with van der Waals surface area (Å²) in [5.74, 6) is 0.975. The van der Waals surface area contributed by atoms with E-state index in [2.05, 4.69) is 0 Å². The average molecular weight is 307 g/mol. The van der Waals surface area contributed by atoms with E-state index in [1.807, 2.05) is 13.0 Å². The fraction of sp³-hybridized carbons (Fsp3) is 0.200. The van der Waals surface area contributed by atoms with Crippen molar-refractivity contribution < 1.29 is 9.66 Å². The molecule has 0 heterocycles. The van der Waals surface area contributed by atoms with E-state index < -0.39 is 4.92 Å². The summed E-state index contributed by atoms with van der Waals surface area (Å²) < 4.78 is 5.66. The van der Waals surface area contributed by atoms with Crippen molar-refractivity contribution in [2.45, 2.75) is 19.9 Å². The van der Waals surface area contributed by atoms with Crippen molar-refractivity contribution in [2.75, 3.05) is 0 Å². The number of hydrogen-bond donors (Lipinski definition) is 1. The Morgan fingerprint density at radius 1 is 1.29 bits per heavy atom. The maximum atomic E-state index is 10.8. The maximum Gasteiger partial charge on any atom is 0.272 e. The van der Waals surface area contributed by atoms with Crippen LogP contribution in [0.25, 0.3) is 0 Å². The Bertz CT molecular complexity index is 687. The van der Waals surface area contributed by atoms with E-state index in [0.29, 0.717) is 22.1 Å². The van der Waals surface area contributed by atoms with Crippen LogP contribution in [0.5, 0.6) is 11.5 Å². The molecule has 2 rings (SSSR count). The topological polar surface area (TPSA) is 78.4 Å². The lowest BCUT2D eigenvalue weighted by atomic mass is 10.1. The highest BCUT2D eigenvalue weighted by molar-refractivity contribution is 6.32. The molecule has 2 N–H and O–H groups in total. The molecule has 0 aliphatic rings. The highest BCUT2D eigenvalue weighted by Gasteiger charge is 2.12. The minimum Gasteiger partial charge on any atom is -0.456 e. The van der Waals surface area contributed by atoms with E-state index in [9.17, 15) is 10.1 Å². The highest BCUT2D eigenvalue weighted by Crippen LogP contribution is 2.33. The highest BCUT2D eigenvalue weighted by atomic mass is 35.5. The standard InChI is InChI=1S/C15H15ClN2O3/c1-9-7-12(4-5-14(9)18(19)20)21-15-6-3-11(10(2)17)8-13(15)16/h3-8,10H,17H2,1-2H3/t10-/m1/s1. The van der Waals surface area contributed by atoms with Gasteiger partial charge < -0.3 is 10.5 Å². The van der Waals surface area contributed by atoms with Gasteiger partial charge in [0.2, 0.25) is 0 Å². The molecule has 0 aliphatic carbocycles. The summed E-state index contributed by atoms with van der Waals surface area (Å²) in [6, 6.07) is 9.77. The first-order chi connectivity index (χ1) is 9.88. The SMILES string of the molecule is Cc1cc(Oc2ccc([C@@H](C)N)cc2Cl)ccc1[N+](=O)[O-]. The second-order valence-corrected chi connectivity index (χ2v) is 5.19. The largest absolute Gasteiger partial charge is 0.456 e. The van der Waals surface area contributed by atoms with Crippen LogP contribution in [-0.4, -0.2) is 4.92 Å². The summed E-state index contributed by atoms with van der Waals surface area (Å²) in [6.07, 6.45) is 0. The zero-order chi connectivity index (χ0) is 15.6. The van der Waals surface area contributed by atoms with Crippen LogP contribution in [0.3, 0.4) is 0 Å². The van der Waals surface area contributed by atoms with Crippen LogP contribution in [0, 0.1) is 17.0 Å². The van der Waals surface area contributed by atoms with E-state index >= 15 is 0 Å². The molecule has 0 fully saturated rings. The Kier molecular flexibility index (Phi) is 4.45. The number of hydrogen-bond acceptors (Lipinski definition) is 4. The molecule has 6 heteroatoms. The minimum atomic E-state index is -0.427. The lowest BCUT2D eigenvalue weighted by Crippen LogP contribution is -2.04. The summed E-state index contributed by atoms with van der Waals surface area (Å²) in [4.78, 5) is 10.4. The van der Waals surface area contributed by atoms with Crippen molar-refractivity contribution >= 4 is 17.3 Å². The second kappa shape index (κ2) is 6.11. The number of nitrogens with two attached hydrogens (primary N) is 1. The summed E-state index contributed by atoms with van der Waals surface area (Å²) in [6.45, 7) is 3.53. The van der Waals surface area contributed by atoms with E-state index in [1.54, 1.807) is 31.2 Å². The molecule has 0 aromatic heterocycles. The van der Waals surface area contributed by atoms with Gasteiger partial charge in [0.15, 0.2) is 0 Å². The predicted molar refractivity (Wildman–Crippen MR) is 82.0 cm³/mol. The minimum absolute atomic E-state index is 0.0563. The molecular formula is C15H15ClN2O3. The van der Waals surface area contributed by atoms with Crippen molar-refractivity contribution in [2.24, 2.45) is 5.73 Å². The molecule has 2 aromatic rings. The van der Waals surface area contributed by atoms with Crippen LogP contribution < -0.4 is 10.5 Å². The molecule has 5 nitrogen and oxygen atoms in total. The fourth-order valence-electron chi connectivity index (χ4n) is 1.91. The van der Waals surface area contributed by atoms with Gasteiger partial charge in [0, 0.05) is 17.7 Å². The number of aryl methyl sites for hydroxylation is 1. The molecule has 0 amide bonds. The molecule has 0 aliphatic heterocycles. The van der Waals surface area contributed by atoms with Gasteiger partial charge in [-0.1, -0.05) is 17.7 Å². The van der Waals surface area contributed by atoms with Gasteiger partial charge in [0.25, 0.3) is 5.69 Å². The monoisotopic (exact) mass is 306 g/mol. The molecule has 0 spiro atoms. The van der Waals surface area contributed by atoms with Crippen LogP contribution in [0.2, 0.25) is 5.02 Å². The van der Waals surface area contributed by atoms with Crippen LogP contribution in [0.15, 0.2) is 36.4 Å². The van der Waals surface area contributed by atoms with E-state index in [0.717, 1.165) is 5.56 Å². The number of benzene rings is 2. The van der Waals surface area contributed by atoms with Crippen LogP contribution in [-0.2, 0) is 0 Å². The summed E-state index contributed by atoms with van der Waals surface area (Å²) in [5.41, 5.74) is 7.28. The van der Waals surface area contributed by atoms with E-state index in [1.165, 1.54) is 6.07 Å². The van der Waals surface area contributed by atoms with E-state index in [-0.39, 0.29) is 11.7 Å². The molecule has 21 heavy (non-hydrogen) atoms. The number of nitrogens with zero attached hydrogens (tertiary/aromatic N) is 1. The molecular weight excluding hydrogens is 292 g/mol.